The van der Waals surface area contributed by atoms with Gasteiger partial charge in [0, 0.05) is 22.2 Å². The predicted molar refractivity (Wildman–Crippen MR) is 80.0 cm³/mol. The van der Waals surface area contributed by atoms with Crippen LogP contribution < -0.4 is 5.32 Å². The average molecular weight is 316 g/mol. The molecule has 0 fully saturated rings. The van der Waals surface area contributed by atoms with E-state index in [9.17, 15) is 9.59 Å². The summed E-state index contributed by atoms with van der Waals surface area (Å²) < 4.78 is 0. The van der Waals surface area contributed by atoms with Gasteiger partial charge < -0.3 is 10.4 Å². The number of hydrogen-bond acceptors (Lipinski definition) is 2. The number of carbonyl (C=O) groups excluding carboxylic acids is 1. The molecule has 1 rings (SSSR count). The van der Waals surface area contributed by atoms with Crippen LogP contribution in [0.2, 0.25) is 10.0 Å². The third-order valence-electron chi connectivity index (χ3n) is 2.63. The standard InChI is InChI=1S/C14H15Cl2NO3/c1-2-11(8-14(19)20)17-13(18)6-3-9-7-10(15)4-5-12(9)16/h3-7,11H,2,8H2,1H3,(H,17,18)(H,19,20)/b6-3+. The molecule has 108 valence electrons. The van der Waals surface area contributed by atoms with Crippen LogP contribution in [0.3, 0.4) is 0 Å². The number of hydrogen-bond donors (Lipinski definition) is 2. The van der Waals surface area contributed by atoms with Gasteiger partial charge in [0.15, 0.2) is 0 Å². The van der Waals surface area contributed by atoms with Crippen LogP contribution in [0.5, 0.6) is 0 Å². The summed E-state index contributed by atoms with van der Waals surface area (Å²) in [6, 6.07) is 4.55. The normalized spacial score (nSPS) is 12.3. The largest absolute Gasteiger partial charge is 0.481 e. The van der Waals surface area contributed by atoms with Crippen LogP contribution in [0.25, 0.3) is 6.08 Å². The van der Waals surface area contributed by atoms with Gasteiger partial charge in [0.1, 0.15) is 0 Å². The van der Waals surface area contributed by atoms with Crippen molar-refractivity contribution in [3.63, 3.8) is 0 Å². The molecule has 1 aromatic rings. The Bertz CT molecular complexity index is 529. The highest BCUT2D eigenvalue weighted by molar-refractivity contribution is 6.34. The number of benzene rings is 1. The molecule has 0 radical (unpaired) electrons. The second-order valence-electron chi connectivity index (χ2n) is 4.21. The van der Waals surface area contributed by atoms with Gasteiger partial charge >= 0.3 is 5.97 Å². The SMILES string of the molecule is CCC(CC(=O)O)NC(=O)/C=C/c1cc(Cl)ccc1Cl. The first-order chi connectivity index (χ1) is 9.42. The first kappa shape index (κ1) is 16.5. The lowest BCUT2D eigenvalue weighted by Gasteiger charge is -2.12. The summed E-state index contributed by atoms with van der Waals surface area (Å²) in [7, 11) is 0. The van der Waals surface area contributed by atoms with Crippen LogP contribution in [0.4, 0.5) is 0 Å². The number of rotatable bonds is 6. The maximum absolute atomic E-state index is 11.7. The summed E-state index contributed by atoms with van der Waals surface area (Å²) in [6.07, 6.45) is 3.29. The van der Waals surface area contributed by atoms with E-state index < -0.39 is 5.97 Å². The lowest BCUT2D eigenvalue weighted by Crippen LogP contribution is -2.34. The highest BCUT2D eigenvalue weighted by atomic mass is 35.5. The van der Waals surface area contributed by atoms with Crippen molar-refractivity contribution >= 4 is 41.2 Å². The number of nitrogens with one attached hydrogen (secondary N) is 1. The number of carbonyl (C=O) groups is 2. The second kappa shape index (κ2) is 7.92. The molecule has 2 N–H and O–H groups in total. The van der Waals surface area contributed by atoms with Crippen molar-refractivity contribution in [1.29, 1.82) is 0 Å². The summed E-state index contributed by atoms with van der Waals surface area (Å²) in [5.74, 6) is -1.31. The van der Waals surface area contributed by atoms with Crippen LogP contribution in [0, 0.1) is 0 Å². The molecule has 0 aromatic heterocycles. The third kappa shape index (κ3) is 5.63. The van der Waals surface area contributed by atoms with E-state index in [2.05, 4.69) is 5.32 Å². The Hall–Kier alpha value is -1.52. The van der Waals surface area contributed by atoms with E-state index in [1.807, 2.05) is 6.92 Å². The van der Waals surface area contributed by atoms with Crippen LogP contribution in [-0.2, 0) is 9.59 Å². The van der Waals surface area contributed by atoms with Crippen molar-refractivity contribution in [2.45, 2.75) is 25.8 Å². The monoisotopic (exact) mass is 315 g/mol. The summed E-state index contributed by atoms with van der Waals surface area (Å²) in [5, 5.41) is 12.3. The lowest BCUT2D eigenvalue weighted by molar-refractivity contribution is -0.137. The molecular weight excluding hydrogens is 301 g/mol. The summed E-state index contributed by atoms with van der Waals surface area (Å²) in [5.41, 5.74) is 0.626. The van der Waals surface area contributed by atoms with Crippen LogP contribution in [0.15, 0.2) is 24.3 Å². The Morgan fingerprint density at radius 1 is 1.40 bits per heavy atom. The van der Waals surface area contributed by atoms with E-state index >= 15 is 0 Å². The number of aliphatic carboxylic acids is 1. The average Bonchev–Trinajstić information content (AvgIpc) is 2.38. The van der Waals surface area contributed by atoms with Crippen LogP contribution >= 0.6 is 23.2 Å². The molecule has 1 atom stereocenters. The first-order valence-corrected chi connectivity index (χ1v) is 6.83. The topological polar surface area (TPSA) is 66.4 Å². The number of carboxylic acids is 1. The van der Waals surface area contributed by atoms with Crippen molar-refractivity contribution < 1.29 is 14.7 Å². The molecule has 4 nitrogen and oxygen atoms in total. The smallest absolute Gasteiger partial charge is 0.305 e. The lowest BCUT2D eigenvalue weighted by atomic mass is 10.1. The summed E-state index contributed by atoms with van der Waals surface area (Å²) in [6.45, 7) is 1.81. The molecule has 20 heavy (non-hydrogen) atoms. The Morgan fingerprint density at radius 2 is 2.10 bits per heavy atom. The van der Waals surface area contributed by atoms with Gasteiger partial charge in [0.25, 0.3) is 0 Å². The Labute approximate surface area is 127 Å². The minimum absolute atomic E-state index is 0.103. The van der Waals surface area contributed by atoms with Crippen molar-refractivity contribution in [3.05, 3.63) is 39.9 Å². The predicted octanol–water partition coefficient (Wildman–Crippen LogP) is 3.38. The van der Waals surface area contributed by atoms with E-state index in [1.165, 1.54) is 12.2 Å². The Kier molecular flexibility index (Phi) is 6.55. The highest BCUT2D eigenvalue weighted by Gasteiger charge is 2.12. The molecule has 0 saturated heterocycles. The minimum atomic E-state index is -0.945. The van der Waals surface area contributed by atoms with Gasteiger partial charge in [-0.1, -0.05) is 30.1 Å². The molecule has 6 heteroatoms. The maximum atomic E-state index is 11.7. The third-order valence-corrected chi connectivity index (χ3v) is 3.21. The number of halogens is 2. The van der Waals surface area contributed by atoms with Crippen LogP contribution in [-0.4, -0.2) is 23.0 Å². The second-order valence-corrected chi connectivity index (χ2v) is 5.05. The van der Waals surface area contributed by atoms with Crippen molar-refractivity contribution in [2.24, 2.45) is 0 Å². The van der Waals surface area contributed by atoms with E-state index in [4.69, 9.17) is 28.3 Å². The summed E-state index contributed by atoms with van der Waals surface area (Å²) in [4.78, 5) is 22.3. The molecule has 0 saturated carbocycles. The minimum Gasteiger partial charge on any atom is -0.481 e. The zero-order valence-electron chi connectivity index (χ0n) is 10.9. The van der Waals surface area contributed by atoms with Crippen LogP contribution in [0.1, 0.15) is 25.3 Å². The highest BCUT2D eigenvalue weighted by Crippen LogP contribution is 2.21. The van der Waals surface area contributed by atoms with Gasteiger partial charge in [-0.15, -0.1) is 0 Å². The zero-order valence-corrected chi connectivity index (χ0v) is 12.4. The molecule has 1 amide bonds. The Morgan fingerprint density at radius 3 is 2.70 bits per heavy atom. The molecule has 1 unspecified atom stereocenters. The van der Waals surface area contributed by atoms with E-state index in [0.717, 1.165) is 0 Å². The zero-order chi connectivity index (χ0) is 15.1. The molecule has 0 aliphatic carbocycles. The van der Waals surface area contributed by atoms with Crippen molar-refractivity contribution in [1.82, 2.24) is 5.32 Å². The van der Waals surface area contributed by atoms with Gasteiger partial charge in [0.2, 0.25) is 5.91 Å². The van der Waals surface area contributed by atoms with Gasteiger partial charge in [-0.3, -0.25) is 9.59 Å². The fraction of sp³-hybridized carbons (Fsp3) is 0.286. The molecular formula is C14H15Cl2NO3. The molecule has 1 aromatic carbocycles. The Balaban J connectivity index is 2.67. The van der Waals surface area contributed by atoms with Gasteiger partial charge in [-0.25, -0.2) is 0 Å². The van der Waals surface area contributed by atoms with Crippen molar-refractivity contribution in [3.8, 4) is 0 Å². The molecule has 0 spiro atoms. The quantitative estimate of drug-likeness (QED) is 0.791. The van der Waals surface area contributed by atoms with E-state index in [0.29, 0.717) is 22.0 Å². The number of amides is 1. The van der Waals surface area contributed by atoms with Gasteiger partial charge in [0.05, 0.1) is 6.42 Å². The fourth-order valence-electron chi connectivity index (χ4n) is 1.57. The summed E-state index contributed by atoms with van der Waals surface area (Å²) >= 11 is 11.8. The van der Waals surface area contributed by atoms with Crippen molar-refractivity contribution in [2.75, 3.05) is 0 Å². The first-order valence-electron chi connectivity index (χ1n) is 6.07. The van der Waals surface area contributed by atoms with E-state index in [-0.39, 0.29) is 18.4 Å². The molecule has 0 bridgehead atoms. The maximum Gasteiger partial charge on any atom is 0.305 e. The number of carboxylic acid groups (broad SMARTS) is 1. The van der Waals surface area contributed by atoms with Gasteiger partial charge in [-0.2, -0.15) is 0 Å². The van der Waals surface area contributed by atoms with Gasteiger partial charge in [-0.05, 0) is 36.3 Å². The van der Waals surface area contributed by atoms with E-state index in [1.54, 1.807) is 18.2 Å². The fourth-order valence-corrected chi connectivity index (χ4v) is 1.93. The molecule has 0 aliphatic heterocycles. The molecule has 0 aliphatic rings. The molecule has 0 heterocycles.